The van der Waals surface area contributed by atoms with Crippen molar-refractivity contribution in [2.24, 2.45) is 5.73 Å². The molecule has 3 amide bonds. The fourth-order valence-electron chi connectivity index (χ4n) is 2.29. The summed E-state index contributed by atoms with van der Waals surface area (Å²) >= 11 is 0. The van der Waals surface area contributed by atoms with Gasteiger partial charge in [-0.3, -0.25) is 24.0 Å². The molecule has 0 fully saturated rings. The van der Waals surface area contributed by atoms with Crippen LogP contribution in [0.1, 0.15) is 46.0 Å². The van der Waals surface area contributed by atoms with Gasteiger partial charge in [0, 0.05) is 45.8 Å². The first-order valence-electron chi connectivity index (χ1n) is 8.91. The topological polar surface area (TPSA) is 159 Å². The Morgan fingerprint density at radius 2 is 1.67 bits per heavy atom. The Labute approximate surface area is 158 Å². The molecule has 0 saturated heterocycles. The van der Waals surface area contributed by atoms with Gasteiger partial charge in [0.25, 0.3) is 0 Å². The molecule has 1 atom stereocenters. The lowest BCUT2D eigenvalue weighted by Gasteiger charge is -2.22. The van der Waals surface area contributed by atoms with Gasteiger partial charge in [0.05, 0.1) is 6.04 Å². The summed E-state index contributed by atoms with van der Waals surface area (Å²) in [6.07, 6.45) is 0.652. The van der Waals surface area contributed by atoms with E-state index < -0.39 is 12.0 Å². The highest BCUT2D eigenvalue weighted by Gasteiger charge is 2.17. The van der Waals surface area contributed by atoms with Gasteiger partial charge in [0.1, 0.15) is 0 Å². The molecule has 0 heterocycles. The van der Waals surface area contributed by atoms with Gasteiger partial charge in [-0.2, -0.15) is 0 Å². The molecule has 5 N–H and O–H groups in total. The van der Waals surface area contributed by atoms with Crippen molar-refractivity contribution in [2.45, 2.75) is 52.0 Å². The Morgan fingerprint density at radius 1 is 1.00 bits per heavy atom. The van der Waals surface area contributed by atoms with E-state index in [1.807, 2.05) is 0 Å². The maximum Gasteiger partial charge on any atom is 0.303 e. The summed E-state index contributed by atoms with van der Waals surface area (Å²) < 4.78 is 0. The van der Waals surface area contributed by atoms with Crippen LogP contribution in [0.15, 0.2) is 0 Å². The normalized spacial score (nSPS) is 11.4. The Bertz CT molecular complexity index is 538. The van der Waals surface area contributed by atoms with E-state index in [1.54, 1.807) is 0 Å². The third-order valence-corrected chi connectivity index (χ3v) is 3.83. The second kappa shape index (κ2) is 13.7. The van der Waals surface area contributed by atoms with Crippen LogP contribution in [0.25, 0.3) is 0 Å². The Balaban J connectivity index is 4.24. The SMILES string of the molecule is CC(=O)[C@H](CCN)NC(=O)CCN(CCNC(=O)CCCC(=O)O)C(C)=O. The Morgan fingerprint density at radius 3 is 2.19 bits per heavy atom. The molecule has 0 unspecified atom stereocenters. The molecule has 154 valence electrons. The summed E-state index contributed by atoms with van der Waals surface area (Å²) in [6.45, 7) is 3.60. The van der Waals surface area contributed by atoms with Crippen LogP contribution in [0, 0.1) is 0 Å². The number of nitrogens with zero attached hydrogens (tertiary/aromatic N) is 1. The first-order valence-corrected chi connectivity index (χ1v) is 8.91. The number of carboxylic acid groups (broad SMARTS) is 1. The quantitative estimate of drug-likeness (QED) is 0.298. The van der Waals surface area contributed by atoms with E-state index in [0.29, 0.717) is 6.42 Å². The van der Waals surface area contributed by atoms with Crippen LogP contribution >= 0.6 is 0 Å². The average molecular weight is 386 g/mol. The maximum atomic E-state index is 12.0. The maximum absolute atomic E-state index is 12.0. The summed E-state index contributed by atoms with van der Waals surface area (Å²) in [6, 6.07) is -0.627. The van der Waals surface area contributed by atoms with Gasteiger partial charge in [-0.15, -0.1) is 0 Å². The zero-order valence-corrected chi connectivity index (χ0v) is 16.0. The van der Waals surface area contributed by atoms with Crippen molar-refractivity contribution >= 4 is 29.5 Å². The average Bonchev–Trinajstić information content (AvgIpc) is 2.56. The highest BCUT2D eigenvalue weighted by molar-refractivity contribution is 5.87. The van der Waals surface area contributed by atoms with Gasteiger partial charge in [0.2, 0.25) is 17.7 Å². The number of carbonyl (C=O) groups is 5. The number of nitrogens with one attached hydrogen (secondary N) is 2. The van der Waals surface area contributed by atoms with Crippen molar-refractivity contribution in [3.63, 3.8) is 0 Å². The molecule has 0 saturated carbocycles. The van der Waals surface area contributed by atoms with E-state index in [2.05, 4.69) is 10.6 Å². The van der Waals surface area contributed by atoms with Crippen LogP contribution in [0.4, 0.5) is 0 Å². The van der Waals surface area contributed by atoms with E-state index in [0.717, 1.165) is 0 Å². The fourth-order valence-corrected chi connectivity index (χ4v) is 2.29. The smallest absolute Gasteiger partial charge is 0.303 e. The highest BCUT2D eigenvalue weighted by Crippen LogP contribution is 1.98. The molecule has 0 aliphatic rings. The highest BCUT2D eigenvalue weighted by atomic mass is 16.4. The second-order valence-electron chi connectivity index (χ2n) is 6.16. The van der Waals surface area contributed by atoms with E-state index in [-0.39, 0.29) is 75.4 Å². The molecule has 0 aromatic carbocycles. The molecule has 0 rings (SSSR count). The summed E-state index contributed by atoms with van der Waals surface area (Å²) in [5.74, 6) is -2.02. The van der Waals surface area contributed by atoms with Crippen molar-refractivity contribution in [1.82, 2.24) is 15.5 Å². The van der Waals surface area contributed by atoms with Crippen molar-refractivity contribution < 1.29 is 29.1 Å². The number of hydrogen-bond donors (Lipinski definition) is 4. The standard InChI is InChI=1S/C17H30N4O6/c1-12(22)14(6-8-18)20-16(25)7-10-21(13(2)23)11-9-19-15(24)4-3-5-17(26)27/h14H,3-11,18H2,1-2H3,(H,19,24)(H,20,25)(H,26,27)/t14-/m0/s1. The predicted octanol–water partition coefficient (Wildman–Crippen LogP) is -0.981. The van der Waals surface area contributed by atoms with Gasteiger partial charge in [-0.25, -0.2) is 0 Å². The first-order chi connectivity index (χ1) is 12.7. The van der Waals surface area contributed by atoms with Crippen molar-refractivity contribution in [3.8, 4) is 0 Å². The molecule has 0 aliphatic carbocycles. The summed E-state index contributed by atoms with van der Waals surface area (Å²) in [5, 5.41) is 13.7. The zero-order chi connectivity index (χ0) is 20.8. The van der Waals surface area contributed by atoms with Gasteiger partial charge >= 0.3 is 5.97 Å². The number of hydrogen-bond acceptors (Lipinski definition) is 6. The van der Waals surface area contributed by atoms with Gasteiger partial charge in [-0.1, -0.05) is 0 Å². The summed E-state index contributed by atoms with van der Waals surface area (Å²) in [5.41, 5.74) is 5.41. The lowest BCUT2D eigenvalue weighted by atomic mass is 10.1. The monoisotopic (exact) mass is 386 g/mol. The molecule has 0 radical (unpaired) electrons. The Kier molecular flexibility index (Phi) is 12.4. The summed E-state index contributed by atoms with van der Waals surface area (Å²) in [7, 11) is 0. The summed E-state index contributed by atoms with van der Waals surface area (Å²) in [4.78, 5) is 58.4. The number of amides is 3. The van der Waals surface area contributed by atoms with E-state index in [1.165, 1.54) is 18.7 Å². The minimum absolute atomic E-state index is 0.0283. The van der Waals surface area contributed by atoms with Crippen LogP contribution < -0.4 is 16.4 Å². The molecule has 10 nitrogen and oxygen atoms in total. The number of rotatable bonds is 14. The minimum atomic E-state index is -0.956. The molecule has 10 heteroatoms. The number of nitrogens with two attached hydrogens (primary N) is 1. The minimum Gasteiger partial charge on any atom is -0.481 e. The van der Waals surface area contributed by atoms with E-state index in [4.69, 9.17) is 10.8 Å². The Hall–Kier alpha value is -2.49. The van der Waals surface area contributed by atoms with E-state index >= 15 is 0 Å². The fraction of sp³-hybridized carbons (Fsp3) is 0.706. The lowest BCUT2D eigenvalue weighted by Crippen LogP contribution is -2.43. The molecular weight excluding hydrogens is 356 g/mol. The van der Waals surface area contributed by atoms with E-state index in [9.17, 15) is 24.0 Å². The lowest BCUT2D eigenvalue weighted by molar-refractivity contribution is -0.137. The second-order valence-corrected chi connectivity index (χ2v) is 6.16. The van der Waals surface area contributed by atoms with Crippen LogP contribution in [0.3, 0.4) is 0 Å². The number of aliphatic carboxylic acids is 1. The predicted molar refractivity (Wildman–Crippen MR) is 97.7 cm³/mol. The molecule has 0 spiro atoms. The van der Waals surface area contributed by atoms with Crippen LogP contribution in [0.5, 0.6) is 0 Å². The van der Waals surface area contributed by atoms with Crippen LogP contribution in [0.2, 0.25) is 0 Å². The number of carboxylic acids is 1. The van der Waals surface area contributed by atoms with Crippen LogP contribution in [-0.2, 0) is 24.0 Å². The molecule has 27 heavy (non-hydrogen) atoms. The molecule has 0 aromatic rings. The first kappa shape index (κ1) is 24.5. The third-order valence-electron chi connectivity index (χ3n) is 3.83. The molecular formula is C17H30N4O6. The van der Waals surface area contributed by atoms with Crippen molar-refractivity contribution in [3.05, 3.63) is 0 Å². The molecule has 0 aliphatic heterocycles. The van der Waals surface area contributed by atoms with Gasteiger partial charge < -0.3 is 26.4 Å². The number of Topliss-reactive ketones (excluding diaryl/α,β-unsaturated/α-hetero) is 1. The largest absolute Gasteiger partial charge is 0.481 e. The molecule has 0 aromatic heterocycles. The van der Waals surface area contributed by atoms with Gasteiger partial charge in [0.15, 0.2) is 5.78 Å². The van der Waals surface area contributed by atoms with Crippen molar-refractivity contribution in [2.75, 3.05) is 26.2 Å². The third kappa shape index (κ3) is 12.5. The number of ketones is 1. The van der Waals surface area contributed by atoms with Crippen LogP contribution in [-0.4, -0.2) is 71.7 Å². The van der Waals surface area contributed by atoms with Gasteiger partial charge in [-0.05, 0) is 26.3 Å². The number of carbonyl (C=O) groups excluding carboxylic acids is 4. The van der Waals surface area contributed by atoms with Crippen molar-refractivity contribution in [1.29, 1.82) is 0 Å². The zero-order valence-electron chi connectivity index (χ0n) is 16.0. The molecule has 0 bridgehead atoms.